The Kier molecular flexibility index (Phi) is 5.71. The quantitative estimate of drug-likeness (QED) is 0.834. The number of nitrogens with one attached hydrogen (secondary N) is 1. The number of likely N-dealkylation sites (tertiary alicyclic amines) is 1. The minimum absolute atomic E-state index is 0.0400. The molecular weight excluding hydrogens is 330 g/mol. The topological polar surface area (TPSA) is 86.3 Å². The first kappa shape index (κ1) is 18.2. The number of piperidine rings is 1. The summed E-state index contributed by atoms with van der Waals surface area (Å²) < 4.78 is 0. The Morgan fingerprint density at radius 3 is 2.62 bits per heavy atom. The van der Waals surface area contributed by atoms with Crippen molar-refractivity contribution in [3.05, 3.63) is 53.3 Å². The first-order valence-electron chi connectivity index (χ1n) is 9.11. The van der Waals surface area contributed by atoms with Gasteiger partial charge in [-0.25, -0.2) is 0 Å². The van der Waals surface area contributed by atoms with Crippen molar-refractivity contribution in [2.45, 2.75) is 44.4 Å². The number of H-pyrrole nitrogens is 1. The highest BCUT2D eigenvalue weighted by molar-refractivity contribution is 5.77. The van der Waals surface area contributed by atoms with E-state index >= 15 is 0 Å². The normalized spacial score (nSPS) is 16.4. The highest BCUT2D eigenvalue weighted by Gasteiger charge is 2.26. The van der Waals surface area contributed by atoms with Crippen LogP contribution in [0.3, 0.4) is 0 Å². The van der Waals surface area contributed by atoms with Crippen LogP contribution in [0.1, 0.15) is 55.0 Å². The fourth-order valence-electron chi connectivity index (χ4n) is 3.56. The number of benzene rings is 1. The minimum atomic E-state index is -0.867. The zero-order valence-corrected chi connectivity index (χ0v) is 15.0. The van der Waals surface area contributed by atoms with Gasteiger partial charge in [-0.1, -0.05) is 37.3 Å². The van der Waals surface area contributed by atoms with E-state index in [9.17, 15) is 9.59 Å². The minimum Gasteiger partial charge on any atom is -0.481 e. The van der Waals surface area contributed by atoms with Crippen LogP contribution in [-0.4, -0.2) is 45.2 Å². The van der Waals surface area contributed by atoms with Gasteiger partial charge in [0.15, 0.2) is 0 Å². The monoisotopic (exact) mass is 355 g/mol. The molecule has 6 heteroatoms. The van der Waals surface area contributed by atoms with Crippen molar-refractivity contribution in [1.82, 2.24) is 15.1 Å². The second-order valence-electron chi connectivity index (χ2n) is 7.06. The van der Waals surface area contributed by atoms with E-state index in [1.165, 1.54) is 5.56 Å². The smallest absolute Gasteiger partial charge is 0.309 e. The molecule has 1 aromatic heterocycles. The van der Waals surface area contributed by atoms with Gasteiger partial charge in [0.25, 0.3) is 0 Å². The summed E-state index contributed by atoms with van der Waals surface area (Å²) >= 11 is 0. The second-order valence-corrected chi connectivity index (χ2v) is 7.06. The molecule has 0 aliphatic carbocycles. The summed E-state index contributed by atoms with van der Waals surface area (Å²) in [5.41, 5.74) is 2.73. The van der Waals surface area contributed by atoms with Gasteiger partial charge in [-0.15, -0.1) is 0 Å². The van der Waals surface area contributed by atoms with E-state index < -0.39 is 5.97 Å². The number of carboxylic acids is 1. The molecule has 1 aromatic carbocycles. The molecule has 0 radical (unpaired) electrons. The van der Waals surface area contributed by atoms with Gasteiger partial charge in [-0.2, -0.15) is 5.10 Å². The third kappa shape index (κ3) is 4.50. The third-order valence-electron chi connectivity index (χ3n) is 5.11. The molecule has 3 rings (SSSR count). The maximum atomic E-state index is 12.6. The molecule has 6 nitrogen and oxygen atoms in total. The summed E-state index contributed by atoms with van der Waals surface area (Å²) in [4.78, 5) is 25.3. The molecule has 0 unspecified atom stereocenters. The molecule has 138 valence electrons. The van der Waals surface area contributed by atoms with Crippen LogP contribution in [-0.2, 0) is 16.0 Å². The highest BCUT2D eigenvalue weighted by atomic mass is 16.4. The summed E-state index contributed by atoms with van der Waals surface area (Å²) in [7, 11) is 0. The lowest BCUT2D eigenvalue weighted by atomic mass is 9.92. The Balaban J connectivity index is 1.51. The Morgan fingerprint density at radius 1 is 1.27 bits per heavy atom. The maximum absolute atomic E-state index is 12.6. The number of aromatic amines is 1. The van der Waals surface area contributed by atoms with Gasteiger partial charge in [0.2, 0.25) is 5.91 Å². The van der Waals surface area contributed by atoms with Crippen LogP contribution >= 0.6 is 0 Å². The summed E-state index contributed by atoms with van der Waals surface area (Å²) in [6.07, 6.45) is 2.22. The van der Waals surface area contributed by atoms with Gasteiger partial charge in [0, 0.05) is 31.1 Å². The predicted octanol–water partition coefficient (Wildman–Crippen LogP) is 2.94. The highest BCUT2D eigenvalue weighted by Crippen LogP contribution is 2.28. The number of hydrogen-bond donors (Lipinski definition) is 2. The summed E-state index contributed by atoms with van der Waals surface area (Å²) in [5, 5.41) is 15.9. The van der Waals surface area contributed by atoms with E-state index in [4.69, 9.17) is 5.11 Å². The van der Waals surface area contributed by atoms with Gasteiger partial charge >= 0.3 is 5.97 Å². The molecule has 0 spiro atoms. The van der Waals surface area contributed by atoms with Crippen molar-refractivity contribution < 1.29 is 14.7 Å². The Hall–Kier alpha value is -2.63. The lowest BCUT2D eigenvalue weighted by molar-refractivity contribution is -0.136. The number of carboxylic acid groups (broad SMARTS) is 1. The van der Waals surface area contributed by atoms with Crippen LogP contribution in [0.5, 0.6) is 0 Å². The van der Waals surface area contributed by atoms with Crippen LogP contribution in [0.4, 0.5) is 0 Å². The van der Waals surface area contributed by atoms with Crippen LogP contribution < -0.4 is 0 Å². The van der Waals surface area contributed by atoms with Gasteiger partial charge in [0.05, 0.1) is 12.1 Å². The number of carbonyl (C=O) groups is 2. The van der Waals surface area contributed by atoms with E-state index in [1.807, 2.05) is 29.2 Å². The number of hydrogen-bond acceptors (Lipinski definition) is 3. The van der Waals surface area contributed by atoms with Crippen LogP contribution in [0.25, 0.3) is 0 Å². The van der Waals surface area contributed by atoms with Crippen molar-refractivity contribution in [2.75, 3.05) is 13.1 Å². The molecule has 0 saturated carbocycles. The van der Waals surface area contributed by atoms with Crippen molar-refractivity contribution in [1.29, 1.82) is 0 Å². The summed E-state index contributed by atoms with van der Waals surface area (Å²) in [6, 6.07) is 12.0. The molecule has 1 atom stereocenters. The molecule has 2 aromatic rings. The molecule has 1 aliphatic rings. The van der Waals surface area contributed by atoms with Gasteiger partial charge < -0.3 is 10.0 Å². The predicted molar refractivity (Wildman–Crippen MR) is 98.0 cm³/mol. The molecule has 2 N–H and O–H groups in total. The first-order chi connectivity index (χ1) is 12.5. The largest absolute Gasteiger partial charge is 0.481 e. The van der Waals surface area contributed by atoms with E-state index in [0.717, 1.165) is 31.6 Å². The summed E-state index contributed by atoms with van der Waals surface area (Å²) in [6.45, 7) is 3.55. The molecule has 2 heterocycles. The zero-order chi connectivity index (χ0) is 18.5. The standard InChI is InChI=1S/C20H25N3O3/c1-14(15-5-3-2-4-6-15)11-19(24)23-9-7-16(8-10-23)18-12-17(21-22-18)13-20(25)26/h2-6,12,14,16H,7-11,13H2,1H3,(H,21,22)(H,25,26)/t14-/m1/s1. The Labute approximate surface area is 153 Å². The molecular formula is C20H25N3O3. The van der Waals surface area contributed by atoms with E-state index in [1.54, 1.807) is 0 Å². The SMILES string of the molecule is C[C@H](CC(=O)N1CCC(c2cc(CC(=O)O)[nH]n2)CC1)c1ccccc1. The number of aliphatic carboxylic acids is 1. The number of nitrogens with zero attached hydrogens (tertiary/aromatic N) is 2. The van der Waals surface area contributed by atoms with Crippen LogP contribution in [0.2, 0.25) is 0 Å². The Bertz CT molecular complexity index is 749. The van der Waals surface area contributed by atoms with Crippen LogP contribution in [0.15, 0.2) is 36.4 Å². The summed E-state index contributed by atoms with van der Waals surface area (Å²) in [5.74, 6) is -0.169. The van der Waals surface area contributed by atoms with Crippen molar-refractivity contribution >= 4 is 11.9 Å². The number of rotatable bonds is 6. The molecule has 0 bridgehead atoms. The fourth-order valence-corrected chi connectivity index (χ4v) is 3.56. The molecule has 1 amide bonds. The third-order valence-corrected chi connectivity index (χ3v) is 5.11. The van der Waals surface area contributed by atoms with Gasteiger partial charge in [-0.05, 0) is 30.4 Å². The number of amides is 1. The van der Waals surface area contributed by atoms with Gasteiger partial charge in [-0.3, -0.25) is 14.7 Å². The maximum Gasteiger partial charge on any atom is 0.309 e. The molecule has 1 aliphatic heterocycles. The number of aromatic nitrogens is 2. The van der Waals surface area contributed by atoms with E-state index in [0.29, 0.717) is 12.1 Å². The Morgan fingerprint density at radius 2 is 1.96 bits per heavy atom. The molecule has 1 fully saturated rings. The second kappa shape index (κ2) is 8.17. The fraction of sp³-hybridized carbons (Fsp3) is 0.450. The zero-order valence-electron chi connectivity index (χ0n) is 15.0. The van der Waals surface area contributed by atoms with E-state index in [-0.39, 0.29) is 24.2 Å². The number of carbonyl (C=O) groups excluding carboxylic acids is 1. The lowest BCUT2D eigenvalue weighted by Gasteiger charge is -2.32. The first-order valence-corrected chi connectivity index (χ1v) is 9.11. The van der Waals surface area contributed by atoms with Gasteiger partial charge in [0.1, 0.15) is 0 Å². The molecule has 1 saturated heterocycles. The van der Waals surface area contributed by atoms with Crippen molar-refractivity contribution in [3.8, 4) is 0 Å². The average molecular weight is 355 g/mol. The molecule has 26 heavy (non-hydrogen) atoms. The van der Waals surface area contributed by atoms with Crippen LogP contribution in [0, 0.1) is 0 Å². The van der Waals surface area contributed by atoms with E-state index in [2.05, 4.69) is 29.3 Å². The van der Waals surface area contributed by atoms with Crippen molar-refractivity contribution in [2.24, 2.45) is 0 Å². The lowest BCUT2D eigenvalue weighted by Crippen LogP contribution is -2.38. The van der Waals surface area contributed by atoms with Crippen molar-refractivity contribution in [3.63, 3.8) is 0 Å². The average Bonchev–Trinajstić information content (AvgIpc) is 3.10.